The average Bonchev–Trinajstić information content (AvgIpc) is 2.64. The molecule has 1 aliphatic rings. The van der Waals surface area contributed by atoms with Crippen LogP contribution in [-0.4, -0.2) is 40.6 Å². The molecule has 2 N–H and O–H groups in total. The second-order valence-electron chi connectivity index (χ2n) is 6.55. The van der Waals surface area contributed by atoms with Gasteiger partial charge in [-0.1, -0.05) is 18.3 Å². The standard InChI is InChI=1S/C20H25NO4S/c1-26-14-10-17(19(23)24)21-18(22)16-7-5-15(6-8-16)9-13-20(25)11-3-2-4-12-20/h5-8,17,25H,2-4,10-12,14H2,1H3,(H,21,22)(H,23,24)/p-1/t17-/m1/s1. The number of hydrogen-bond donors (Lipinski definition) is 2. The summed E-state index contributed by atoms with van der Waals surface area (Å²) in [4.78, 5) is 23.3. The van der Waals surface area contributed by atoms with Crippen molar-refractivity contribution in [2.45, 2.75) is 50.2 Å². The van der Waals surface area contributed by atoms with Crippen molar-refractivity contribution < 1.29 is 19.8 Å². The average molecular weight is 374 g/mol. The van der Waals surface area contributed by atoms with E-state index < -0.39 is 23.5 Å². The minimum absolute atomic E-state index is 0.317. The molecule has 0 heterocycles. The van der Waals surface area contributed by atoms with Gasteiger partial charge < -0.3 is 20.3 Å². The summed E-state index contributed by atoms with van der Waals surface area (Å²) in [5.74, 6) is 4.81. The van der Waals surface area contributed by atoms with Gasteiger partial charge in [0.25, 0.3) is 5.91 Å². The number of aliphatic carboxylic acids is 1. The number of carboxylic acid groups (broad SMARTS) is 1. The van der Waals surface area contributed by atoms with E-state index in [0.29, 0.717) is 36.1 Å². The highest BCUT2D eigenvalue weighted by Gasteiger charge is 2.26. The Labute approximate surface area is 158 Å². The van der Waals surface area contributed by atoms with Gasteiger partial charge in [-0.2, -0.15) is 11.8 Å². The third-order valence-corrected chi connectivity index (χ3v) is 5.11. The van der Waals surface area contributed by atoms with Crippen LogP contribution >= 0.6 is 11.8 Å². The van der Waals surface area contributed by atoms with E-state index >= 15 is 0 Å². The van der Waals surface area contributed by atoms with Crippen LogP contribution in [0.4, 0.5) is 0 Å². The van der Waals surface area contributed by atoms with Crippen LogP contribution in [0.25, 0.3) is 0 Å². The molecule has 1 aromatic rings. The second kappa shape index (κ2) is 9.65. The SMILES string of the molecule is CSCC[C@@H](NC(=O)c1ccc(C#CC2(O)CCCCC2)cc1)C(=O)[O-]. The number of benzene rings is 1. The fourth-order valence-electron chi connectivity index (χ4n) is 2.88. The summed E-state index contributed by atoms with van der Waals surface area (Å²) >= 11 is 1.51. The number of thioether (sulfide) groups is 1. The maximum absolute atomic E-state index is 12.2. The predicted molar refractivity (Wildman–Crippen MR) is 101 cm³/mol. The summed E-state index contributed by atoms with van der Waals surface area (Å²) in [7, 11) is 0. The summed E-state index contributed by atoms with van der Waals surface area (Å²) in [5, 5.41) is 24.0. The molecule has 2 rings (SSSR count). The Morgan fingerprint density at radius 2 is 1.92 bits per heavy atom. The molecule has 1 amide bonds. The molecule has 0 bridgehead atoms. The van der Waals surface area contributed by atoms with Crippen molar-refractivity contribution in [1.82, 2.24) is 5.32 Å². The highest BCUT2D eigenvalue weighted by atomic mass is 32.2. The van der Waals surface area contributed by atoms with E-state index in [9.17, 15) is 19.8 Å². The largest absolute Gasteiger partial charge is 0.548 e. The Hall–Kier alpha value is -1.97. The lowest BCUT2D eigenvalue weighted by Gasteiger charge is -2.26. The number of hydrogen-bond acceptors (Lipinski definition) is 5. The number of rotatable bonds is 6. The van der Waals surface area contributed by atoms with Gasteiger partial charge >= 0.3 is 0 Å². The molecule has 0 aromatic heterocycles. The molecule has 0 spiro atoms. The molecule has 0 unspecified atom stereocenters. The van der Waals surface area contributed by atoms with Crippen LogP contribution in [0.2, 0.25) is 0 Å². The molecule has 1 atom stereocenters. The minimum Gasteiger partial charge on any atom is -0.548 e. The molecule has 1 saturated carbocycles. The van der Waals surface area contributed by atoms with Crippen LogP contribution in [0.3, 0.4) is 0 Å². The monoisotopic (exact) mass is 374 g/mol. The molecule has 140 valence electrons. The van der Waals surface area contributed by atoms with Crippen molar-refractivity contribution in [2.75, 3.05) is 12.0 Å². The van der Waals surface area contributed by atoms with Gasteiger partial charge in [-0.25, -0.2) is 0 Å². The zero-order chi connectivity index (χ0) is 19.0. The maximum Gasteiger partial charge on any atom is 0.251 e. The van der Waals surface area contributed by atoms with Crippen LogP contribution in [0.15, 0.2) is 24.3 Å². The summed E-state index contributed by atoms with van der Waals surface area (Å²) < 4.78 is 0. The molecule has 1 aliphatic carbocycles. The molecule has 5 nitrogen and oxygen atoms in total. The van der Waals surface area contributed by atoms with Gasteiger partial charge in [0.05, 0.1) is 12.0 Å². The number of aliphatic hydroxyl groups is 1. The molecular weight excluding hydrogens is 350 g/mol. The Kier molecular flexibility index (Phi) is 7.55. The van der Waals surface area contributed by atoms with E-state index in [0.717, 1.165) is 19.3 Å². The van der Waals surface area contributed by atoms with Gasteiger partial charge in [-0.05, 0) is 68.4 Å². The van der Waals surface area contributed by atoms with Gasteiger partial charge in [-0.15, -0.1) is 0 Å². The minimum atomic E-state index is -1.28. The summed E-state index contributed by atoms with van der Waals surface area (Å²) in [6, 6.07) is 5.60. The summed E-state index contributed by atoms with van der Waals surface area (Å²) in [6.07, 6.45) is 6.69. The Morgan fingerprint density at radius 1 is 1.27 bits per heavy atom. The Bertz CT molecular complexity index is 684. The van der Waals surface area contributed by atoms with Crippen LogP contribution in [0.5, 0.6) is 0 Å². The molecule has 0 saturated heterocycles. The number of carboxylic acids is 1. The second-order valence-corrected chi connectivity index (χ2v) is 7.53. The van der Waals surface area contributed by atoms with Gasteiger partial charge in [0.15, 0.2) is 0 Å². The third kappa shape index (κ3) is 6.08. The van der Waals surface area contributed by atoms with Crippen molar-refractivity contribution in [3.63, 3.8) is 0 Å². The molecular formula is C20H24NO4S-. The first kappa shape index (κ1) is 20.3. The zero-order valence-corrected chi connectivity index (χ0v) is 15.7. The van der Waals surface area contributed by atoms with Gasteiger partial charge in [-0.3, -0.25) is 4.79 Å². The lowest BCUT2D eigenvalue weighted by atomic mass is 9.85. The Morgan fingerprint density at radius 3 is 2.50 bits per heavy atom. The predicted octanol–water partition coefficient (Wildman–Crippen LogP) is 1.33. The molecule has 26 heavy (non-hydrogen) atoms. The highest BCUT2D eigenvalue weighted by Crippen LogP contribution is 2.27. The Balaban J connectivity index is 2.00. The van der Waals surface area contributed by atoms with Gasteiger partial charge in [0.1, 0.15) is 5.60 Å². The summed E-state index contributed by atoms with van der Waals surface area (Å²) in [6.45, 7) is 0. The summed E-state index contributed by atoms with van der Waals surface area (Å²) in [5.41, 5.74) is 0.162. The van der Waals surface area contributed by atoms with Crippen molar-refractivity contribution >= 4 is 23.6 Å². The van der Waals surface area contributed by atoms with Crippen LogP contribution in [0.1, 0.15) is 54.4 Å². The first-order valence-corrected chi connectivity index (χ1v) is 10.2. The maximum atomic E-state index is 12.2. The number of carbonyl (C=O) groups excluding carboxylic acids is 2. The van der Waals surface area contributed by atoms with Crippen molar-refractivity contribution in [3.8, 4) is 11.8 Å². The first-order valence-electron chi connectivity index (χ1n) is 8.80. The molecule has 6 heteroatoms. The number of nitrogens with one attached hydrogen (secondary N) is 1. The topological polar surface area (TPSA) is 89.5 Å². The van der Waals surface area contributed by atoms with E-state index in [1.165, 1.54) is 11.8 Å². The molecule has 0 radical (unpaired) electrons. The fourth-order valence-corrected chi connectivity index (χ4v) is 3.35. The van der Waals surface area contributed by atoms with Crippen molar-refractivity contribution in [3.05, 3.63) is 35.4 Å². The van der Waals surface area contributed by atoms with Crippen LogP contribution in [-0.2, 0) is 4.79 Å². The van der Waals surface area contributed by atoms with Gasteiger partial charge in [0.2, 0.25) is 0 Å². The van der Waals surface area contributed by atoms with E-state index in [1.54, 1.807) is 24.3 Å². The smallest absolute Gasteiger partial charge is 0.251 e. The first-order chi connectivity index (χ1) is 12.4. The lowest BCUT2D eigenvalue weighted by molar-refractivity contribution is -0.308. The van der Waals surface area contributed by atoms with E-state index in [4.69, 9.17) is 0 Å². The number of amides is 1. The van der Waals surface area contributed by atoms with E-state index in [1.807, 2.05) is 6.26 Å². The zero-order valence-electron chi connectivity index (χ0n) is 14.9. The normalized spacial score (nSPS) is 16.8. The fraction of sp³-hybridized carbons (Fsp3) is 0.500. The van der Waals surface area contributed by atoms with Crippen LogP contribution in [0, 0.1) is 11.8 Å². The number of carbonyl (C=O) groups is 2. The highest BCUT2D eigenvalue weighted by molar-refractivity contribution is 7.98. The van der Waals surface area contributed by atoms with Crippen molar-refractivity contribution in [1.29, 1.82) is 0 Å². The lowest BCUT2D eigenvalue weighted by Crippen LogP contribution is -2.48. The van der Waals surface area contributed by atoms with Gasteiger partial charge in [0, 0.05) is 11.1 Å². The quantitative estimate of drug-likeness (QED) is 0.734. The molecule has 1 fully saturated rings. The van der Waals surface area contributed by atoms with Crippen LogP contribution < -0.4 is 10.4 Å². The van der Waals surface area contributed by atoms with E-state index in [-0.39, 0.29) is 0 Å². The molecule has 0 aliphatic heterocycles. The van der Waals surface area contributed by atoms with Crippen molar-refractivity contribution in [2.24, 2.45) is 0 Å². The van der Waals surface area contributed by atoms with E-state index in [2.05, 4.69) is 17.2 Å². The third-order valence-electron chi connectivity index (χ3n) is 4.47. The molecule has 1 aromatic carbocycles.